The van der Waals surface area contributed by atoms with Gasteiger partial charge in [0.1, 0.15) is 5.75 Å². The van der Waals surface area contributed by atoms with Crippen molar-refractivity contribution in [3.05, 3.63) is 23.8 Å². The zero-order valence-corrected chi connectivity index (χ0v) is 10.6. The Morgan fingerprint density at radius 3 is 2.82 bits per heavy atom. The number of benzene rings is 1. The van der Waals surface area contributed by atoms with Crippen LogP contribution in [0.25, 0.3) is 0 Å². The standard InChI is InChI=1S/C13H20N2O2/c1-4-10(3)15-13(16)8-17-12-6-5-9(2)7-11(12)14/h5-7,10H,4,8,14H2,1-3H3,(H,15,16). The lowest BCUT2D eigenvalue weighted by Gasteiger charge is -2.13. The Bertz CT molecular complexity index is 391. The number of carbonyl (C=O) groups excluding carboxylic acids is 1. The van der Waals surface area contributed by atoms with Crippen LogP contribution in [0.1, 0.15) is 25.8 Å². The third-order valence-corrected chi connectivity index (χ3v) is 2.54. The van der Waals surface area contributed by atoms with Crippen LogP contribution in [0.5, 0.6) is 5.75 Å². The van der Waals surface area contributed by atoms with Crippen molar-refractivity contribution in [1.29, 1.82) is 0 Å². The molecule has 1 rings (SSSR count). The highest BCUT2D eigenvalue weighted by Gasteiger charge is 2.07. The lowest BCUT2D eigenvalue weighted by atomic mass is 10.2. The maximum absolute atomic E-state index is 11.5. The van der Waals surface area contributed by atoms with E-state index in [2.05, 4.69) is 5.32 Å². The summed E-state index contributed by atoms with van der Waals surface area (Å²) < 4.78 is 5.36. The monoisotopic (exact) mass is 236 g/mol. The van der Waals surface area contributed by atoms with Crippen LogP contribution < -0.4 is 15.8 Å². The highest BCUT2D eigenvalue weighted by molar-refractivity contribution is 5.78. The smallest absolute Gasteiger partial charge is 0.258 e. The SMILES string of the molecule is CCC(C)NC(=O)COc1ccc(C)cc1N. The van der Waals surface area contributed by atoms with Crippen molar-refractivity contribution in [2.45, 2.75) is 33.2 Å². The minimum atomic E-state index is -0.126. The largest absolute Gasteiger partial charge is 0.482 e. The molecule has 1 amide bonds. The minimum Gasteiger partial charge on any atom is -0.482 e. The van der Waals surface area contributed by atoms with Gasteiger partial charge in [0, 0.05) is 6.04 Å². The molecule has 1 aromatic carbocycles. The predicted molar refractivity (Wildman–Crippen MR) is 69.0 cm³/mol. The van der Waals surface area contributed by atoms with Crippen molar-refractivity contribution in [2.75, 3.05) is 12.3 Å². The van der Waals surface area contributed by atoms with Crippen molar-refractivity contribution >= 4 is 11.6 Å². The summed E-state index contributed by atoms with van der Waals surface area (Å²) in [7, 11) is 0. The van der Waals surface area contributed by atoms with Gasteiger partial charge < -0.3 is 15.8 Å². The van der Waals surface area contributed by atoms with Crippen LogP contribution in [0.4, 0.5) is 5.69 Å². The van der Waals surface area contributed by atoms with E-state index in [1.807, 2.05) is 32.9 Å². The molecule has 1 atom stereocenters. The van der Waals surface area contributed by atoms with Gasteiger partial charge in [-0.1, -0.05) is 13.0 Å². The van der Waals surface area contributed by atoms with Crippen molar-refractivity contribution in [3.8, 4) is 5.75 Å². The summed E-state index contributed by atoms with van der Waals surface area (Å²) in [5.41, 5.74) is 7.40. The van der Waals surface area contributed by atoms with Gasteiger partial charge in [-0.05, 0) is 38.0 Å². The molecular weight excluding hydrogens is 216 g/mol. The first-order chi connectivity index (χ1) is 8.02. The molecule has 1 unspecified atom stereocenters. The second-order valence-electron chi connectivity index (χ2n) is 4.21. The molecule has 0 radical (unpaired) electrons. The van der Waals surface area contributed by atoms with Crippen molar-refractivity contribution < 1.29 is 9.53 Å². The molecule has 4 heteroatoms. The van der Waals surface area contributed by atoms with E-state index in [1.54, 1.807) is 6.07 Å². The number of nitrogen functional groups attached to an aromatic ring is 1. The van der Waals surface area contributed by atoms with E-state index < -0.39 is 0 Å². The second kappa shape index (κ2) is 6.13. The van der Waals surface area contributed by atoms with Crippen molar-refractivity contribution in [3.63, 3.8) is 0 Å². The zero-order valence-electron chi connectivity index (χ0n) is 10.6. The van der Waals surface area contributed by atoms with E-state index in [4.69, 9.17) is 10.5 Å². The lowest BCUT2D eigenvalue weighted by molar-refractivity contribution is -0.123. The van der Waals surface area contributed by atoms with E-state index >= 15 is 0 Å². The van der Waals surface area contributed by atoms with Crippen LogP contribution in [0.15, 0.2) is 18.2 Å². The summed E-state index contributed by atoms with van der Waals surface area (Å²) in [6, 6.07) is 5.67. The number of amides is 1. The summed E-state index contributed by atoms with van der Waals surface area (Å²) in [6.45, 7) is 5.93. The topological polar surface area (TPSA) is 64.3 Å². The number of aryl methyl sites for hydroxylation is 1. The summed E-state index contributed by atoms with van der Waals surface area (Å²) in [4.78, 5) is 11.5. The number of anilines is 1. The highest BCUT2D eigenvalue weighted by atomic mass is 16.5. The Kier molecular flexibility index (Phi) is 4.82. The Labute approximate surface area is 102 Å². The number of nitrogens with one attached hydrogen (secondary N) is 1. The van der Waals surface area contributed by atoms with Gasteiger partial charge in [-0.25, -0.2) is 0 Å². The van der Waals surface area contributed by atoms with E-state index in [0.29, 0.717) is 11.4 Å². The number of hydrogen-bond acceptors (Lipinski definition) is 3. The molecule has 0 saturated heterocycles. The molecule has 0 aliphatic carbocycles. The quantitative estimate of drug-likeness (QED) is 0.767. The predicted octanol–water partition coefficient (Wildman–Crippen LogP) is 1.87. The second-order valence-corrected chi connectivity index (χ2v) is 4.21. The van der Waals surface area contributed by atoms with E-state index in [9.17, 15) is 4.79 Å². The van der Waals surface area contributed by atoms with Crippen LogP contribution >= 0.6 is 0 Å². The average molecular weight is 236 g/mol. The lowest BCUT2D eigenvalue weighted by Crippen LogP contribution is -2.35. The van der Waals surface area contributed by atoms with Gasteiger partial charge in [0.25, 0.3) is 5.91 Å². The van der Waals surface area contributed by atoms with Gasteiger partial charge in [-0.15, -0.1) is 0 Å². The molecule has 0 spiro atoms. The van der Waals surface area contributed by atoms with Crippen molar-refractivity contribution in [2.24, 2.45) is 0 Å². The fraction of sp³-hybridized carbons (Fsp3) is 0.462. The fourth-order valence-corrected chi connectivity index (χ4v) is 1.36. The number of carbonyl (C=O) groups is 1. The zero-order chi connectivity index (χ0) is 12.8. The van der Waals surface area contributed by atoms with Crippen LogP contribution in [-0.2, 0) is 4.79 Å². The minimum absolute atomic E-state index is 0.00238. The van der Waals surface area contributed by atoms with E-state index in [-0.39, 0.29) is 18.6 Å². The summed E-state index contributed by atoms with van der Waals surface area (Å²) in [5, 5.41) is 2.83. The molecule has 0 heterocycles. The summed E-state index contributed by atoms with van der Waals surface area (Å²) >= 11 is 0. The highest BCUT2D eigenvalue weighted by Crippen LogP contribution is 2.21. The summed E-state index contributed by atoms with van der Waals surface area (Å²) in [6.07, 6.45) is 0.901. The third kappa shape index (κ3) is 4.34. The van der Waals surface area contributed by atoms with Crippen molar-refractivity contribution in [1.82, 2.24) is 5.32 Å². The molecular formula is C13H20N2O2. The van der Waals surface area contributed by atoms with Crippen LogP contribution in [0.2, 0.25) is 0 Å². The number of nitrogens with two attached hydrogens (primary N) is 1. The Morgan fingerprint density at radius 2 is 2.24 bits per heavy atom. The molecule has 3 N–H and O–H groups in total. The van der Waals surface area contributed by atoms with Gasteiger partial charge >= 0.3 is 0 Å². The molecule has 0 aromatic heterocycles. The molecule has 0 fully saturated rings. The van der Waals surface area contributed by atoms with Gasteiger partial charge in [0.15, 0.2) is 6.61 Å². The average Bonchev–Trinajstić information content (AvgIpc) is 2.27. The maximum Gasteiger partial charge on any atom is 0.258 e. The van der Waals surface area contributed by atoms with E-state index in [0.717, 1.165) is 12.0 Å². The van der Waals surface area contributed by atoms with Crippen LogP contribution in [0, 0.1) is 6.92 Å². The number of rotatable bonds is 5. The summed E-state index contributed by atoms with van der Waals surface area (Å²) in [5.74, 6) is 0.425. The maximum atomic E-state index is 11.5. The first-order valence-electron chi connectivity index (χ1n) is 5.81. The third-order valence-electron chi connectivity index (χ3n) is 2.54. The molecule has 0 bridgehead atoms. The first-order valence-corrected chi connectivity index (χ1v) is 5.81. The Balaban J connectivity index is 2.47. The molecule has 4 nitrogen and oxygen atoms in total. The molecule has 0 aliphatic rings. The fourth-order valence-electron chi connectivity index (χ4n) is 1.36. The first kappa shape index (κ1) is 13.4. The molecule has 17 heavy (non-hydrogen) atoms. The van der Waals surface area contributed by atoms with Crippen LogP contribution in [0.3, 0.4) is 0 Å². The van der Waals surface area contributed by atoms with Crippen LogP contribution in [-0.4, -0.2) is 18.6 Å². The van der Waals surface area contributed by atoms with Gasteiger partial charge in [0.05, 0.1) is 5.69 Å². The molecule has 94 valence electrons. The van der Waals surface area contributed by atoms with Gasteiger partial charge in [-0.2, -0.15) is 0 Å². The molecule has 0 saturated carbocycles. The Morgan fingerprint density at radius 1 is 1.53 bits per heavy atom. The van der Waals surface area contributed by atoms with Gasteiger partial charge in [0.2, 0.25) is 0 Å². The van der Waals surface area contributed by atoms with Gasteiger partial charge in [-0.3, -0.25) is 4.79 Å². The normalized spacial score (nSPS) is 11.9. The number of ether oxygens (including phenoxy) is 1. The number of hydrogen-bond donors (Lipinski definition) is 2. The van der Waals surface area contributed by atoms with E-state index in [1.165, 1.54) is 0 Å². The Hall–Kier alpha value is -1.71. The molecule has 1 aromatic rings. The molecule has 0 aliphatic heterocycles.